The summed E-state index contributed by atoms with van der Waals surface area (Å²) >= 11 is 5.87. The first kappa shape index (κ1) is 14.6. The number of carbonyl (C=O) groups is 1. The number of hydrogen-bond acceptors (Lipinski definition) is 5. The summed E-state index contributed by atoms with van der Waals surface area (Å²) in [5.41, 5.74) is 0.530. The molecular formula is C14H13ClN4O3. The van der Waals surface area contributed by atoms with Crippen molar-refractivity contribution >= 4 is 23.3 Å². The van der Waals surface area contributed by atoms with Crippen LogP contribution in [0.3, 0.4) is 0 Å². The fourth-order valence-corrected chi connectivity index (χ4v) is 2.21. The minimum atomic E-state index is -0.810. The molecule has 2 N–H and O–H groups in total. The predicted molar refractivity (Wildman–Crippen MR) is 80.1 cm³/mol. The van der Waals surface area contributed by atoms with E-state index in [0.29, 0.717) is 29.4 Å². The molecule has 1 atom stereocenters. The minimum Gasteiger partial charge on any atom is -0.424 e. The van der Waals surface area contributed by atoms with Crippen LogP contribution >= 0.6 is 11.6 Å². The van der Waals surface area contributed by atoms with Crippen LogP contribution < -0.4 is 15.0 Å². The molecule has 0 radical (unpaired) electrons. The van der Waals surface area contributed by atoms with Crippen molar-refractivity contribution in [3.8, 4) is 11.8 Å². The Bertz CT molecular complexity index is 680. The van der Waals surface area contributed by atoms with E-state index in [9.17, 15) is 9.90 Å². The standard InChI is InChI=1S/C14H13ClN4O3/c15-9-2-1-3-11(6-9)22-13-16-7-10(8-17-13)19-5-4-12(20)18-14(19)21/h1-3,6-8,12,20H,4-5H2,(H,18,21). The number of nitrogens with zero attached hydrogens (tertiary/aromatic N) is 3. The molecule has 0 spiro atoms. The number of urea groups is 1. The van der Waals surface area contributed by atoms with E-state index < -0.39 is 6.23 Å². The third-order valence-corrected chi connectivity index (χ3v) is 3.33. The van der Waals surface area contributed by atoms with Crippen molar-refractivity contribution in [1.82, 2.24) is 15.3 Å². The van der Waals surface area contributed by atoms with E-state index in [-0.39, 0.29) is 12.0 Å². The summed E-state index contributed by atoms with van der Waals surface area (Å²) in [4.78, 5) is 21.4. The van der Waals surface area contributed by atoms with Crippen molar-refractivity contribution in [1.29, 1.82) is 0 Å². The number of aliphatic hydroxyl groups excluding tert-OH is 1. The molecule has 1 aliphatic rings. The van der Waals surface area contributed by atoms with E-state index in [1.54, 1.807) is 24.3 Å². The van der Waals surface area contributed by atoms with Crippen LogP contribution in [0.1, 0.15) is 6.42 Å². The van der Waals surface area contributed by atoms with Gasteiger partial charge in [0, 0.05) is 18.0 Å². The van der Waals surface area contributed by atoms with Gasteiger partial charge in [0.25, 0.3) is 0 Å². The highest BCUT2D eigenvalue weighted by atomic mass is 35.5. The van der Waals surface area contributed by atoms with Crippen LogP contribution in [-0.4, -0.2) is 33.9 Å². The Morgan fingerprint density at radius 2 is 2.14 bits per heavy atom. The second kappa shape index (κ2) is 6.17. The molecule has 2 heterocycles. The van der Waals surface area contributed by atoms with Gasteiger partial charge in [0.1, 0.15) is 12.0 Å². The monoisotopic (exact) mass is 320 g/mol. The first-order valence-corrected chi connectivity index (χ1v) is 7.01. The van der Waals surface area contributed by atoms with Crippen molar-refractivity contribution in [3.05, 3.63) is 41.7 Å². The molecule has 1 unspecified atom stereocenters. The van der Waals surface area contributed by atoms with Gasteiger partial charge in [-0.25, -0.2) is 14.8 Å². The number of nitrogens with one attached hydrogen (secondary N) is 1. The van der Waals surface area contributed by atoms with Crippen molar-refractivity contribution in [3.63, 3.8) is 0 Å². The first-order valence-electron chi connectivity index (χ1n) is 6.63. The van der Waals surface area contributed by atoms with Crippen molar-refractivity contribution in [2.75, 3.05) is 11.4 Å². The van der Waals surface area contributed by atoms with Gasteiger partial charge in [0.05, 0.1) is 18.1 Å². The minimum absolute atomic E-state index is 0.156. The topological polar surface area (TPSA) is 87.6 Å². The second-order valence-corrected chi connectivity index (χ2v) is 5.13. The quantitative estimate of drug-likeness (QED) is 0.905. The Balaban J connectivity index is 1.71. The van der Waals surface area contributed by atoms with Gasteiger partial charge in [-0.05, 0) is 18.2 Å². The van der Waals surface area contributed by atoms with E-state index in [1.165, 1.54) is 17.3 Å². The molecule has 1 fully saturated rings. The summed E-state index contributed by atoms with van der Waals surface area (Å²) in [6, 6.07) is 6.66. The van der Waals surface area contributed by atoms with Gasteiger partial charge in [-0.3, -0.25) is 4.90 Å². The van der Waals surface area contributed by atoms with Crippen LogP contribution in [0, 0.1) is 0 Å². The number of halogens is 1. The molecule has 1 aliphatic heterocycles. The van der Waals surface area contributed by atoms with Gasteiger partial charge in [0.2, 0.25) is 0 Å². The Labute approximate surface area is 131 Å². The molecule has 0 bridgehead atoms. The lowest BCUT2D eigenvalue weighted by atomic mass is 10.3. The van der Waals surface area contributed by atoms with E-state index in [0.717, 1.165) is 0 Å². The molecule has 114 valence electrons. The predicted octanol–water partition coefficient (Wildman–Crippen LogP) is 2.16. The maximum Gasteiger partial charge on any atom is 0.323 e. The first-order chi connectivity index (χ1) is 10.6. The molecule has 3 rings (SSSR count). The molecule has 7 nitrogen and oxygen atoms in total. The molecule has 0 saturated carbocycles. The highest BCUT2D eigenvalue weighted by Crippen LogP contribution is 2.23. The van der Waals surface area contributed by atoms with Gasteiger partial charge in [-0.2, -0.15) is 0 Å². The van der Waals surface area contributed by atoms with Crippen LogP contribution in [-0.2, 0) is 0 Å². The fraction of sp³-hybridized carbons (Fsp3) is 0.214. The van der Waals surface area contributed by atoms with Gasteiger partial charge in [0.15, 0.2) is 0 Å². The van der Waals surface area contributed by atoms with Gasteiger partial charge in [-0.1, -0.05) is 17.7 Å². The molecule has 0 aliphatic carbocycles. The normalized spacial score (nSPS) is 18.0. The third-order valence-electron chi connectivity index (χ3n) is 3.09. The van der Waals surface area contributed by atoms with Crippen LogP contribution in [0.25, 0.3) is 0 Å². The SMILES string of the molecule is O=C1NC(O)CCN1c1cnc(Oc2cccc(Cl)c2)nc1. The number of anilines is 1. The average molecular weight is 321 g/mol. The maximum atomic E-state index is 11.8. The van der Waals surface area contributed by atoms with Crippen LogP contribution in [0.2, 0.25) is 5.02 Å². The van der Waals surface area contributed by atoms with Crippen molar-refractivity contribution in [2.45, 2.75) is 12.6 Å². The Hall–Kier alpha value is -2.38. The number of aliphatic hydroxyl groups is 1. The fourth-order valence-electron chi connectivity index (χ4n) is 2.03. The maximum absolute atomic E-state index is 11.8. The number of amides is 2. The van der Waals surface area contributed by atoms with Gasteiger partial charge < -0.3 is 15.2 Å². The smallest absolute Gasteiger partial charge is 0.323 e. The number of carbonyl (C=O) groups excluding carboxylic acids is 1. The number of rotatable bonds is 3. The van der Waals surface area contributed by atoms with E-state index in [1.807, 2.05) is 0 Å². The molecule has 2 amide bonds. The van der Waals surface area contributed by atoms with Gasteiger partial charge in [-0.15, -0.1) is 0 Å². The number of benzene rings is 1. The summed E-state index contributed by atoms with van der Waals surface area (Å²) in [7, 11) is 0. The molecule has 22 heavy (non-hydrogen) atoms. The zero-order valence-corrected chi connectivity index (χ0v) is 12.2. The zero-order valence-electron chi connectivity index (χ0n) is 11.4. The van der Waals surface area contributed by atoms with Crippen LogP contribution in [0.5, 0.6) is 11.8 Å². The molecule has 1 aromatic carbocycles. The highest BCUT2D eigenvalue weighted by molar-refractivity contribution is 6.30. The molecule has 1 saturated heterocycles. The average Bonchev–Trinajstić information content (AvgIpc) is 2.48. The lowest BCUT2D eigenvalue weighted by molar-refractivity contribution is 0.125. The number of ether oxygens (including phenoxy) is 1. The third kappa shape index (κ3) is 3.26. The summed E-state index contributed by atoms with van der Waals surface area (Å²) in [5, 5.41) is 12.3. The summed E-state index contributed by atoms with van der Waals surface area (Å²) in [6.07, 6.45) is 2.61. The van der Waals surface area contributed by atoms with Gasteiger partial charge >= 0.3 is 12.0 Å². The summed E-state index contributed by atoms with van der Waals surface area (Å²) < 4.78 is 5.48. The lowest BCUT2D eigenvalue weighted by Crippen LogP contribution is -2.51. The van der Waals surface area contributed by atoms with Crippen LogP contribution in [0.4, 0.5) is 10.5 Å². The molecule has 2 aromatic rings. The Kier molecular flexibility index (Phi) is 4.08. The largest absolute Gasteiger partial charge is 0.424 e. The highest BCUT2D eigenvalue weighted by Gasteiger charge is 2.24. The zero-order chi connectivity index (χ0) is 15.5. The van der Waals surface area contributed by atoms with E-state index in [2.05, 4.69) is 15.3 Å². The molecular weight excluding hydrogens is 308 g/mol. The second-order valence-electron chi connectivity index (χ2n) is 4.69. The Morgan fingerprint density at radius 1 is 1.36 bits per heavy atom. The summed E-state index contributed by atoms with van der Waals surface area (Å²) in [5.74, 6) is 0.527. The van der Waals surface area contributed by atoms with Crippen molar-refractivity contribution in [2.24, 2.45) is 0 Å². The Morgan fingerprint density at radius 3 is 2.82 bits per heavy atom. The van der Waals surface area contributed by atoms with Crippen molar-refractivity contribution < 1.29 is 14.6 Å². The van der Waals surface area contributed by atoms with E-state index in [4.69, 9.17) is 16.3 Å². The molecule has 1 aromatic heterocycles. The lowest BCUT2D eigenvalue weighted by Gasteiger charge is -2.29. The molecule has 8 heteroatoms. The number of aromatic nitrogens is 2. The number of hydrogen-bond donors (Lipinski definition) is 2. The van der Waals surface area contributed by atoms with E-state index >= 15 is 0 Å². The summed E-state index contributed by atoms with van der Waals surface area (Å²) in [6.45, 7) is 0.394. The van der Waals surface area contributed by atoms with Crippen LogP contribution in [0.15, 0.2) is 36.7 Å².